The summed E-state index contributed by atoms with van der Waals surface area (Å²) in [4.78, 5) is 24.7. The fourth-order valence-electron chi connectivity index (χ4n) is 2.73. The molecular weight excluding hydrogens is 359 g/mol. The molecule has 0 heterocycles. The Balaban J connectivity index is 1.85. The quantitative estimate of drug-likeness (QED) is 0.688. The van der Waals surface area contributed by atoms with Crippen LogP contribution in [0.5, 0.6) is 0 Å². The number of benzene rings is 2. The second-order valence-electron chi connectivity index (χ2n) is 6.74. The monoisotopic (exact) mass is 386 g/mol. The Morgan fingerprint density at radius 2 is 1.79 bits per heavy atom. The maximum atomic E-state index is 13.2. The molecule has 2 atom stereocenters. The lowest BCUT2D eigenvalue weighted by atomic mass is 9.98. The summed E-state index contributed by atoms with van der Waals surface area (Å²) >= 11 is 0. The topological polar surface area (TPSA) is 67.4 Å². The molecule has 0 aliphatic heterocycles. The molecule has 6 heteroatoms. The third-order valence-corrected chi connectivity index (χ3v) is 4.58. The predicted molar refractivity (Wildman–Crippen MR) is 106 cm³/mol. The van der Waals surface area contributed by atoms with Crippen LogP contribution in [0.3, 0.4) is 0 Å². The van der Waals surface area contributed by atoms with Crippen LogP contribution in [0.1, 0.15) is 31.4 Å². The number of rotatable bonds is 9. The number of ether oxygens (including phenoxy) is 1. The van der Waals surface area contributed by atoms with Crippen LogP contribution < -0.4 is 10.6 Å². The van der Waals surface area contributed by atoms with Crippen molar-refractivity contribution in [3.8, 4) is 0 Å². The van der Waals surface area contributed by atoms with Crippen molar-refractivity contribution in [1.82, 2.24) is 10.6 Å². The van der Waals surface area contributed by atoms with Crippen molar-refractivity contribution in [2.45, 2.75) is 39.3 Å². The molecule has 2 amide bonds. The summed E-state index contributed by atoms with van der Waals surface area (Å²) in [6.07, 6.45) is 0.602. The van der Waals surface area contributed by atoms with Crippen LogP contribution >= 0.6 is 0 Å². The van der Waals surface area contributed by atoms with E-state index < -0.39 is 12.1 Å². The number of amides is 2. The zero-order valence-electron chi connectivity index (χ0n) is 16.3. The largest absolute Gasteiger partial charge is 0.445 e. The highest BCUT2D eigenvalue weighted by molar-refractivity contribution is 5.85. The predicted octanol–water partition coefficient (Wildman–Crippen LogP) is 3.83. The average molecular weight is 386 g/mol. The van der Waals surface area contributed by atoms with Gasteiger partial charge in [-0.3, -0.25) is 4.79 Å². The molecule has 0 aliphatic rings. The van der Waals surface area contributed by atoms with Crippen molar-refractivity contribution in [1.29, 1.82) is 0 Å². The second-order valence-corrected chi connectivity index (χ2v) is 6.74. The van der Waals surface area contributed by atoms with Crippen LogP contribution in [0.2, 0.25) is 0 Å². The number of alkyl carbamates (subject to hydrolysis) is 1. The Morgan fingerprint density at radius 1 is 1.07 bits per heavy atom. The second kappa shape index (κ2) is 11.1. The first-order chi connectivity index (χ1) is 13.5. The van der Waals surface area contributed by atoms with Crippen molar-refractivity contribution in [3.63, 3.8) is 0 Å². The third kappa shape index (κ3) is 7.02. The minimum Gasteiger partial charge on any atom is -0.445 e. The lowest BCUT2D eigenvalue weighted by Gasteiger charge is -2.23. The van der Waals surface area contributed by atoms with E-state index in [4.69, 9.17) is 4.74 Å². The molecule has 0 saturated heterocycles. The van der Waals surface area contributed by atoms with Crippen LogP contribution in [0, 0.1) is 11.7 Å². The highest BCUT2D eigenvalue weighted by atomic mass is 19.1. The molecule has 2 N–H and O–H groups in total. The number of hydrogen-bond acceptors (Lipinski definition) is 3. The Hall–Kier alpha value is -2.89. The Kier molecular flexibility index (Phi) is 8.46. The molecule has 0 fully saturated rings. The van der Waals surface area contributed by atoms with Crippen molar-refractivity contribution in [2.24, 2.45) is 5.92 Å². The van der Waals surface area contributed by atoms with Crippen LogP contribution in [0.4, 0.5) is 9.18 Å². The average Bonchev–Trinajstić information content (AvgIpc) is 2.70. The normalized spacial score (nSPS) is 12.7. The Morgan fingerprint density at radius 3 is 2.46 bits per heavy atom. The maximum Gasteiger partial charge on any atom is 0.408 e. The van der Waals surface area contributed by atoms with E-state index in [1.165, 1.54) is 12.1 Å². The van der Waals surface area contributed by atoms with E-state index in [9.17, 15) is 14.0 Å². The Bertz CT molecular complexity index is 767. The smallest absolute Gasteiger partial charge is 0.408 e. The van der Waals surface area contributed by atoms with Gasteiger partial charge < -0.3 is 15.4 Å². The molecule has 0 radical (unpaired) electrons. The Labute approximate surface area is 165 Å². The first-order valence-electron chi connectivity index (χ1n) is 9.49. The molecule has 5 nitrogen and oxygen atoms in total. The number of halogens is 1. The SMILES string of the molecule is CC[C@H](C)[C@H](NC(=O)OCc1ccccc1)C(=O)NCCc1cccc(F)c1. The summed E-state index contributed by atoms with van der Waals surface area (Å²) in [7, 11) is 0. The van der Waals surface area contributed by atoms with Gasteiger partial charge >= 0.3 is 6.09 Å². The van der Waals surface area contributed by atoms with Gasteiger partial charge in [0.05, 0.1) is 0 Å². The van der Waals surface area contributed by atoms with Gasteiger partial charge in [0.1, 0.15) is 18.5 Å². The highest BCUT2D eigenvalue weighted by Gasteiger charge is 2.26. The fraction of sp³-hybridized carbons (Fsp3) is 0.364. The van der Waals surface area contributed by atoms with Gasteiger partial charge in [-0.1, -0.05) is 62.7 Å². The van der Waals surface area contributed by atoms with Crippen LogP contribution in [-0.2, 0) is 22.6 Å². The fourth-order valence-corrected chi connectivity index (χ4v) is 2.73. The zero-order chi connectivity index (χ0) is 20.4. The van der Waals surface area contributed by atoms with Crippen LogP contribution in [0.15, 0.2) is 54.6 Å². The van der Waals surface area contributed by atoms with E-state index in [0.717, 1.165) is 17.5 Å². The molecule has 2 aromatic carbocycles. The molecule has 28 heavy (non-hydrogen) atoms. The third-order valence-electron chi connectivity index (χ3n) is 4.58. The van der Waals surface area contributed by atoms with Gasteiger partial charge in [-0.2, -0.15) is 0 Å². The minimum atomic E-state index is -0.694. The van der Waals surface area contributed by atoms with Crippen LogP contribution in [0.25, 0.3) is 0 Å². The van der Waals surface area contributed by atoms with E-state index in [1.807, 2.05) is 44.2 Å². The van der Waals surface area contributed by atoms with E-state index in [0.29, 0.717) is 13.0 Å². The highest BCUT2D eigenvalue weighted by Crippen LogP contribution is 2.09. The number of hydrogen-bond donors (Lipinski definition) is 2. The summed E-state index contributed by atoms with van der Waals surface area (Å²) in [5.74, 6) is -0.634. The van der Waals surface area contributed by atoms with Gasteiger partial charge in [0.15, 0.2) is 0 Å². The number of carbonyl (C=O) groups excluding carboxylic acids is 2. The molecule has 0 saturated carbocycles. The van der Waals surface area contributed by atoms with E-state index in [1.54, 1.807) is 12.1 Å². The van der Waals surface area contributed by atoms with E-state index >= 15 is 0 Å². The van der Waals surface area contributed by atoms with E-state index in [2.05, 4.69) is 10.6 Å². The molecule has 0 unspecified atom stereocenters. The molecule has 0 aromatic heterocycles. The number of carbonyl (C=O) groups is 2. The first-order valence-corrected chi connectivity index (χ1v) is 9.49. The molecular formula is C22H27FN2O3. The summed E-state index contributed by atoms with van der Waals surface area (Å²) in [6, 6.07) is 14.9. The van der Waals surface area contributed by atoms with Gasteiger partial charge in [-0.25, -0.2) is 9.18 Å². The van der Waals surface area contributed by atoms with Gasteiger partial charge in [0.2, 0.25) is 5.91 Å². The minimum absolute atomic E-state index is 0.0570. The van der Waals surface area contributed by atoms with Gasteiger partial charge in [-0.15, -0.1) is 0 Å². The van der Waals surface area contributed by atoms with Gasteiger partial charge in [0, 0.05) is 6.54 Å². The molecule has 0 aliphatic carbocycles. The lowest BCUT2D eigenvalue weighted by molar-refractivity contribution is -0.124. The van der Waals surface area contributed by atoms with E-state index in [-0.39, 0.29) is 24.2 Å². The summed E-state index contributed by atoms with van der Waals surface area (Å²) < 4.78 is 18.4. The van der Waals surface area contributed by atoms with Crippen molar-refractivity contribution >= 4 is 12.0 Å². The molecule has 150 valence electrons. The lowest BCUT2D eigenvalue weighted by Crippen LogP contribution is -2.50. The molecule has 2 rings (SSSR count). The summed E-state index contributed by atoms with van der Waals surface area (Å²) in [6.45, 7) is 4.35. The van der Waals surface area contributed by atoms with Gasteiger partial charge in [-0.05, 0) is 35.6 Å². The van der Waals surface area contributed by atoms with Crippen molar-refractivity contribution in [2.75, 3.05) is 6.54 Å². The molecule has 0 spiro atoms. The van der Waals surface area contributed by atoms with Crippen molar-refractivity contribution < 1.29 is 18.7 Å². The van der Waals surface area contributed by atoms with Gasteiger partial charge in [0.25, 0.3) is 0 Å². The standard InChI is InChI=1S/C22H27FN2O3/c1-3-16(2)20(25-22(27)28-15-18-8-5-4-6-9-18)21(26)24-13-12-17-10-7-11-19(23)14-17/h4-11,14,16,20H,3,12-13,15H2,1-2H3,(H,24,26)(H,25,27)/t16-,20-/m0/s1. The molecule has 2 aromatic rings. The maximum absolute atomic E-state index is 13.2. The van der Waals surface area contributed by atoms with Crippen molar-refractivity contribution in [3.05, 3.63) is 71.5 Å². The zero-order valence-corrected chi connectivity index (χ0v) is 16.3. The summed E-state index contributed by atoms with van der Waals surface area (Å²) in [5.41, 5.74) is 1.67. The van der Waals surface area contributed by atoms with Crippen LogP contribution in [-0.4, -0.2) is 24.6 Å². The first kappa shape index (κ1) is 21.4. The summed E-state index contributed by atoms with van der Waals surface area (Å²) in [5, 5.41) is 5.48. The number of nitrogens with one attached hydrogen (secondary N) is 2. The molecule has 0 bridgehead atoms.